The minimum absolute atomic E-state index is 0.818. The van der Waals surface area contributed by atoms with E-state index in [0.717, 1.165) is 5.69 Å². The molecule has 0 saturated carbocycles. The summed E-state index contributed by atoms with van der Waals surface area (Å²) in [6.07, 6.45) is 3.39. The lowest BCUT2D eigenvalue weighted by atomic mass is 10.3. The van der Waals surface area contributed by atoms with Crippen molar-refractivity contribution >= 4 is 5.69 Å². The van der Waals surface area contributed by atoms with Crippen LogP contribution in [0, 0.1) is 0 Å². The van der Waals surface area contributed by atoms with Gasteiger partial charge in [-0.25, -0.2) is 0 Å². The van der Waals surface area contributed by atoms with Gasteiger partial charge in [0.2, 0.25) is 0 Å². The first-order valence-electron chi connectivity index (χ1n) is 3.92. The highest BCUT2D eigenvalue weighted by Gasteiger charge is 1.85. The van der Waals surface area contributed by atoms with Gasteiger partial charge in [-0.05, 0) is 23.4 Å². The fourth-order valence-electron chi connectivity index (χ4n) is 0.906. The van der Waals surface area contributed by atoms with Crippen LogP contribution in [0.3, 0.4) is 0 Å². The fraction of sp³-hybridized carbons (Fsp3) is 0. The fourth-order valence-corrected chi connectivity index (χ4v) is 0.906. The maximum atomic E-state index is 3.97. The second-order valence-corrected chi connectivity index (χ2v) is 2.45. The number of rotatable bonds is 2. The summed E-state index contributed by atoms with van der Waals surface area (Å²) in [7, 11) is 0. The highest BCUT2D eigenvalue weighted by atomic mass is 15.6. The van der Waals surface area contributed by atoms with Gasteiger partial charge in [-0.15, -0.1) is 9.91 Å². The SMILES string of the molecule is c1ccc(/N=N/n2cccn2)cc1. The third-order valence-corrected chi connectivity index (χ3v) is 1.50. The van der Waals surface area contributed by atoms with Crippen molar-refractivity contribution < 1.29 is 0 Å². The first-order chi connectivity index (χ1) is 6.45. The van der Waals surface area contributed by atoms with E-state index in [1.165, 1.54) is 4.79 Å². The van der Waals surface area contributed by atoms with Crippen LogP contribution in [-0.2, 0) is 0 Å². The Kier molecular flexibility index (Phi) is 2.14. The third kappa shape index (κ3) is 1.99. The lowest BCUT2D eigenvalue weighted by molar-refractivity contribution is 0.692. The molecule has 0 aliphatic carbocycles. The summed E-state index contributed by atoms with van der Waals surface area (Å²) in [6.45, 7) is 0. The van der Waals surface area contributed by atoms with Gasteiger partial charge >= 0.3 is 0 Å². The quantitative estimate of drug-likeness (QED) is 0.641. The Balaban J connectivity index is 2.15. The van der Waals surface area contributed by atoms with Crippen LogP contribution < -0.4 is 0 Å². The molecule has 0 saturated heterocycles. The lowest BCUT2D eigenvalue weighted by Gasteiger charge is -1.89. The maximum absolute atomic E-state index is 3.97. The smallest absolute Gasteiger partial charge is 0.0875 e. The number of aromatic nitrogens is 2. The summed E-state index contributed by atoms with van der Waals surface area (Å²) in [5, 5.41) is 11.7. The standard InChI is InChI=1S/C9H8N4/c1-2-5-9(6-3-1)11-12-13-8-4-7-10-13/h1-8H/b12-11+. The van der Waals surface area contributed by atoms with Crippen LogP contribution in [0.5, 0.6) is 0 Å². The molecule has 0 N–H and O–H groups in total. The van der Waals surface area contributed by atoms with Crippen molar-refractivity contribution in [2.24, 2.45) is 10.3 Å². The minimum Gasteiger partial charge on any atom is -0.158 e. The topological polar surface area (TPSA) is 42.5 Å². The largest absolute Gasteiger partial charge is 0.158 e. The Labute approximate surface area is 75.5 Å². The zero-order valence-corrected chi connectivity index (χ0v) is 6.91. The summed E-state index contributed by atoms with van der Waals surface area (Å²) in [5.41, 5.74) is 0.818. The Morgan fingerprint density at radius 2 is 1.92 bits per heavy atom. The van der Waals surface area contributed by atoms with Gasteiger partial charge in [0.05, 0.1) is 18.1 Å². The van der Waals surface area contributed by atoms with Gasteiger partial charge in [0.1, 0.15) is 0 Å². The van der Waals surface area contributed by atoms with Crippen LogP contribution in [0.4, 0.5) is 5.69 Å². The van der Waals surface area contributed by atoms with Crippen LogP contribution in [0.25, 0.3) is 0 Å². The molecule has 0 aliphatic heterocycles. The second-order valence-electron chi connectivity index (χ2n) is 2.45. The Morgan fingerprint density at radius 1 is 1.08 bits per heavy atom. The van der Waals surface area contributed by atoms with Crippen molar-refractivity contribution in [1.82, 2.24) is 9.89 Å². The Hall–Kier alpha value is -1.97. The van der Waals surface area contributed by atoms with Crippen molar-refractivity contribution in [3.63, 3.8) is 0 Å². The van der Waals surface area contributed by atoms with Crippen molar-refractivity contribution in [2.45, 2.75) is 0 Å². The van der Waals surface area contributed by atoms with Crippen LogP contribution in [0.15, 0.2) is 59.1 Å². The van der Waals surface area contributed by atoms with Crippen LogP contribution >= 0.6 is 0 Å². The highest BCUT2D eigenvalue weighted by molar-refractivity contribution is 5.34. The summed E-state index contributed by atoms with van der Waals surface area (Å²) < 4.78 is 0. The molecule has 64 valence electrons. The minimum atomic E-state index is 0.818. The average molecular weight is 172 g/mol. The monoisotopic (exact) mass is 172 g/mol. The number of hydrogen-bond donors (Lipinski definition) is 0. The van der Waals surface area contributed by atoms with E-state index in [-0.39, 0.29) is 0 Å². The van der Waals surface area contributed by atoms with E-state index in [1.54, 1.807) is 18.5 Å². The molecule has 1 aromatic carbocycles. The summed E-state index contributed by atoms with van der Waals surface area (Å²) >= 11 is 0. The predicted octanol–water partition coefficient (Wildman–Crippen LogP) is 2.43. The molecule has 1 aromatic heterocycles. The van der Waals surface area contributed by atoms with E-state index in [0.29, 0.717) is 0 Å². The number of nitrogens with zero attached hydrogens (tertiary/aromatic N) is 4. The molecule has 2 rings (SSSR count). The Morgan fingerprint density at radius 3 is 2.62 bits per heavy atom. The molecule has 0 bridgehead atoms. The van der Waals surface area contributed by atoms with Crippen LogP contribution in [0.2, 0.25) is 0 Å². The van der Waals surface area contributed by atoms with Gasteiger partial charge < -0.3 is 0 Å². The summed E-state index contributed by atoms with van der Waals surface area (Å²) in [6, 6.07) is 11.3. The molecule has 0 amide bonds. The normalized spacial score (nSPS) is 10.8. The summed E-state index contributed by atoms with van der Waals surface area (Å²) in [5.74, 6) is 0. The van der Waals surface area contributed by atoms with Gasteiger partial charge in [0.25, 0.3) is 0 Å². The summed E-state index contributed by atoms with van der Waals surface area (Å²) in [4.78, 5) is 1.41. The van der Waals surface area contributed by atoms with Gasteiger partial charge in [-0.3, -0.25) is 0 Å². The van der Waals surface area contributed by atoms with E-state index in [4.69, 9.17) is 0 Å². The zero-order chi connectivity index (χ0) is 8.93. The molecule has 4 nitrogen and oxygen atoms in total. The second kappa shape index (κ2) is 3.62. The van der Waals surface area contributed by atoms with Crippen molar-refractivity contribution in [2.75, 3.05) is 0 Å². The lowest BCUT2D eigenvalue weighted by Crippen LogP contribution is -1.84. The van der Waals surface area contributed by atoms with E-state index < -0.39 is 0 Å². The van der Waals surface area contributed by atoms with Crippen molar-refractivity contribution in [3.8, 4) is 0 Å². The van der Waals surface area contributed by atoms with Gasteiger partial charge in [-0.1, -0.05) is 18.2 Å². The molecular formula is C9H8N4. The number of benzene rings is 1. The van der Waals surface area contributed by atoms with Gasteiger partial charge in [0, 0.05) is 0 Å². The van der Waals surface area contributed by atoms with Crippen LogP contribution in [-0.4, -0.2) is 9.89 Å². The first kappa shape index (κ1) is 7.67. The molecule has 0 radical (unpaired) electrons. The van der Waals surface area contributed by atoms with E-state index in [1.807, 2.05) is 30.3 Å². The molecule has 0 fully saturated rings. The molecule has 0 unspecified atom stereocenters. The molecule has 0 atom stereocenters. The van der Waals surface area contributed by atoms with Crippen molar-refractivity contribution in [3.05, 3.63) is 48.8 Å². The van der Waals surface area contributed by atoms with Gasteiger partial charge in [-0.2, -0.15) is 5.10 Å². The van der Waals surface area contributed by atoms with E-state index in [2.05, 4.69) is 15.4 Å². The third-order valence-electron chi connectivity index (χ3n) is 1.50. The molecule has 2 aromatic rings. The molecule has 0 spiro atoms. The van der Waals surface area contributed by atoms with Crippen molar-refractivity contribution in [1.29, 1.82) is 0 Å². The first-order valence-corrected chi connectivity index (χ1v) is 3.92. The highest BCUT2D eigenvalue weighted by Crippen LogP contribution is 2.09. The molecular weight excluding hydrogens is 164 g/mol. The molecule has 1 heterocycles. The molecule has 4 heteroatoms. The van der Waals surface area contributed by atoms with Gasteiger partial charge in [0.15, 0.2) is 0 Å². The Bertz CT molecular complexity index is 377. The number of hydrogen-bond acceptors (Lipinski definition) is 3. The average Bonchev–Trinajstić information content (AvgIpc) is 2.69. The van der Waals surface area contributed by atoms with E-state index in [9.17, 15) is 0 Å². The zero-order valence-electron chi connectivity index (χ0n) is 6.91. The molecule has 0 aliphatic rings. The predicted molar refractivity (Wildman–Crippen MR) is 48.6 cm³/mol. The van der Waals surface area contributed by atoms with E-state index >= 15 is 0 Å². The van der Waals surface area contributed by atoms with Crippen LogP contribution in [0.1, 0.15) is 0 Å². The maximum Gasteiger partial charge on any atom is 0.0875 e. The molecule has 13 heavy (non-hydrogen) atoms.